The van der Waals surface area contributed by atoms with Gasteiger partial charge in [0.05, 0.1) is 0 Å². The molecule has 0 N–H and O–H groups in total. The molecule has 0 aliphatic rings. The van der Waals surface area contributed by atoms with Crippen LogP contribution in [0.4, 0.5) is 0 Å². The summed E-state index contributed by atoms with van der Waals surface area (Å²) in [4.78, 5) is 22.2. The highest BCUT2D eigenvalue weighted by Gasteiger charge is 2.09. The van der Waals surface area contributed by atoms with E-state index in [9.17, 15) is 9.59 Å². The van der Waals surface area contributed by atoms with Gasteiger partial charge in [-0.05, 0) is 25.1 Å². The summed E-state index contributed by atoms with van der Waals surface area (Å²) in [5, 5.41) is 0. The van der Waals surface area contributed by atoms with E-state index >= 15 is 0 Å². The second-order valence-electron chi connectivity index (χ2n) is 3.67. The molecule has 0 aliphatic carbocycles. The smallest absolute Gasteiger partial charge is 0.338 e. The van der Waals surface area contributed by atoms with E-state index in [-0.39, 0.29) is 0 Å². The highest BCUT2D eigenvalue weighted by molar-refractivity contribution is 5.88. The van der Waals surface area contributed by atoms with Crippen molar-refractivity contribution in [3.05, 3.63) is 42.5 Å². The van der Waals surface area contributed by atoms with Gasteiger partial charge in [-0.2, -0.15) is 0 Å². The van der Waals surface area contributed by atoms with Crippen LogP contribution in [0.5, 0.6) is 11.5 Å². The maximum absolute atomic E-state index is 11.3. The Morgan fingerprint density at radius 1 is 1.22 bits per heavy atom. The van der Waals surface area contributed by atoms with Crippen LogP contribution in [0.25, 0.3) is 6.08 Å². The Kier molecular flexibility index (Phi) is 4.43. The first-order valence-electron chi connectivity index (χ1n) is 5.26. The van der Waals surface area contributed by atoms with Gasteiger partial charge in [-0.15, -0.1) is 0 Å². The van der Waals surface area contributed by atoms with Gasteiger partial charge in [0.25, 0.3) is 0 Å². The lowest BCUT2D eigenvalue weighted by atomic mass is 10.2. The van der Waals surface area contributed by atoms with E-state index in [1.165, 1.54) is 19.1 Å². The summed E-state index contributed by atoms with van der Waals surface area (Å²) >= 11 is 0. The van der Waals surface area contributed by atoms with E-state index in [1.807, 2.05) is 0 Å². The molecule has 0 saturated heterocycles. The molecular formula is C14H14O4. The molecule has 4 nitrogen and oxygen atoms in total. The monoisotopic (exact) mass is 246 g/mol. The van der Waals surface area contributed by atoms with Gasteiger partial charge < -0.3 is 9.47 Å². The molecule has 1 aromatic rings. The van der Waals surface area contributed by atoms with Gasteiger partial charge in [0.2, 0.25) is 0 Å². The maximum atomic E-state index is 11.3. The first-order chi connectivity index (χ1) is 8.43. The predicted molar refractivity (Wildman–Crippen MR) is 68.3 cm³/mol. The molecule has 94 valence electrons. The lowest BCUT2D eigenvalue weighted by Crippen LogP contribution is -2.08. The Morgan fingerprint density at radius 3 is 2.39 bits per heavy atom. The minimum Gasteiger partial charge on any atom is -0.426 e. The maximum Gasteiger partial charge on any atom is 0.338 e. The van der Waals surface area contributed by atoms with Crippen LogP contribution in [0.1, 0.15) is 19.4 Å². The van der Waals surface area contributed by atoms with E-state index < -0.39 is 11.9 Å². The lowest BCUT2D eigenvalue weighted by molar-refractivity contribution is -0.132. The molecule has 0 spiro atoms. The first kappa shape index (κ1) is 13.7. The van der Waals surface area contributed by atoms with Crippen LogP contribution in [-0.4, -0.2) is 11.9 Å². The summed E-state index contributed by atoms with van der Waals surface area (Å²) < 4.78 is 10.0. The van der Waals surface area contributed by atoms with Crippen LogP contribution < -0.4 is 9.47 Å². The molecule has 0 radical (unpaired) electrons. The molecule has 0 aliphatic heterocycles. The van der Waals surface area contributed by atoms with Gasteiger partial charge in [-0.3, -0.25) is 4.79 Å². The molecular weight excluding hydrogens is 232 g/mol. The average molecular weight is 246 g/mol. The number of benzene rings is 1. The Morgan fingerprint density at radius 2 is 1.89 bits per heavy atom. The van der Waals surface area contributed by atoms with Crippen LogP contribution in [0, 0.1) is 0 Å². The fraction of sp³-hybridized carbons (Fsp3) is 0.143. The normalized spacial score (nSPS) is 9.44. The predicted octanol–water partition coefficient (Wildman–Crippen LogP) is 2.74. The third-order valence-electron chi connectivity index (χ3n) is 2.01. The largest absolute Gasteiger partial charge is 0.426 e. The van der Waals surface area contributed by atoms with Crippen molar-refractivity contribution < 1.29 is 19.1 Å². The molecule has 0 saturated carbocycles. The second-order valence-corrected chi connectivity index (χ2v) is 3.67. The van der Waals surface area contributed by atoms with Crippen LogP contribution in [-0.2, 0) is 9.59 Å². The van der Waals surface area contributed by atoms with Gasteiger partial charge in [0.15, 0.2) is 0 Å². The number of carbonyl (C=O) groups excluding carboxylic acids is 2. The van der Waals surface area contributed by atoms with Crippen molar-refractivity contribution in [3.8, 4) is 11.5 Å². The van der Waals surface area contributed by atoms with E-state index in [0.29, 0.717) is 22.6 Å². The SMILES string of the molecule is C=Cc1cc(OC(=O)C(=C)C)ccc1OC(C)=O. The number of hydrogen-bond acceptors (Lipinski definition) is 4. The molecule has 4 heteroatoms. The molecule has 1 rings (SSSR count). The van der Waals surface area contributed by atoms with Crippen molar-refractivity contribution in [3.63, 3.8) is 0 Å². The summed E-state index contributed by atoms with van der Waals surface area (Å²) in [7, 11) is 0. The zero-order valence-electron chi connectivity index (χ0n) is 10.4. The van der Waals surface area contributed by atoms with Crippen molar-refractivity contribution in [2.45, 2.75) is 13.8 Å². The van der Waals surface area contributed by atoms with Gasteiger partial charge in [-0.25, -0.2) is 4.79 Å². The Labute approximate surface area is 106 Å². The fourth-order valence-electron chi connectivity index (χ4n) is 1.19. The van der Waals surface area contributed by atoms with E-state index in [1.54, 1.807) is 19.1 Å². The quantitative estimate of drug-likeness (QED) is 0.465. The van der Waals surface area contributed by atoms with Gasteiger partial charge in [0, 0.05) is 18.1 Å². The standard InChI is InChI=1S/C14H14O4/c1-5-11-8-12(18-14(16)9(2)3)6-7-13(11)17-10(4)15/h5-8H,1-2H2,3-4H3. The van der Waals surface area contributed by atoms with Crippen LogP contribution in [0.2, 0.25) is 0 Å². The van der Waals surface area contributed by atoms with Crippen molar-refractivity contribution in [1.82, 2.24) is 0 Å². The summed E-state index contributed by atoms with van der Waals surface area (Å²) in [5.74, 6) is -0.226. The Balaban J connectivity index is 2.98. The minimum absolute atomic E-state index is 0.305. The summed E-state index contributed by atoms with van der Waals surface area (Å²) in [6.07, 6.45) is 1.51. The summed E-state index contributed by atoms with van der Waals surface area (Å²) in [5.41, 5.74) is 0.872. The molecule has 0 heterocycles. The third kappa shape index (κ3) is 3.59. The van der Waals surface area contributed by atoms with E-state index in [2.05, 4.69) is 13.2 Å². The molecule has 0 atom stereocenters. The molecule has 0 aromatic heterocycles. The number of rotatable bonds is 4. The van der Waals surface area contributed by atoms with Gasteiger partial charge in [0.1, 0.15) is 11.5 Å². The van der Waals surface area contributed by atoms with E-state index in [0.717, 1.165) is 0 Å². The summed E-state index contributed by atoms with van der Waals surface area (Å²) in [6, 6.07) is 4.64. The van der Waals surface area contributed by atoms with Crippen LogP contribution in [0.15, 0.2) is 36.9 Å². The zero-order chi connectivity index (χ0) is 13.7. The number of carbonyl (C=O) groups is 2. The van der Waals surface area contributed by atoms with Crippen molar-refractivity contribution in [2.75, 3.05) is 0 Å². The van der Waals surface area contributed by atoms with Crippen molar-refractivity contribution in [2.24, 2.45) is 0 Å². The number of ether oxygens (including phenoxy) is 2. The minimum atomic E-state index is -0.509. The molecule has 0 fully saturated rings. The average Bonchev–Trinajstić information content (AvgIpc) is 2.30. The zero-order valence-corrected chi connectivity index (χ0v) is 10.4. The first-order valence-corrected chi connectivity index (χ1v) is 5.26. The van der Waals surface area contributed by atoms with Crippen LogP contribution in [0.3, 0.4) is 0 Å². The molecule has 0 bridgehead atoms. The Bertz CT molecular complexity index is 515. The van der Waals surface area contributed by atoms with E-state index in [4.69, 9.17) is 9.47 Å². The van der Waals surface area contributed by atoms with Crippen molar-refractivity contribution in [1.29, 1.82) is 0 Å². The lowest BCUT2D eigenvalue weighted by Gasteiger charge is -2.08. The number of hydrogen-bond donors (Lipinski definition) is 0. The molecule has 18 heavy (non-hydrogen) atoms. The van der Waals surface area contributed by atoms with Crippen molar-refractivity contribution >= 4 is 18.0 Å². The number of esters is 2. The van der Waals surface area contributed by atoms with Gasteiger partial charge >= 0.3 is 11.9 Å². The molecule has 0 unspecified atom stereocenters. The topological polar surface area (TPSA) is 52.6 Å². The van der Waals surface area contributed by atoms with Gasteiger partial charge in [-0.1, -0.05) is 19.2 Å². The van der Waals surface area contributed by atoms with Crippen LogP contribution >= 0.6 is 0 Å². The second kappa shape index (κ2) is 5.82. The molecule has 0 amide bonds. The fourth-order valence-corrected chi connectivity index (χ4v) is 1.19. The Hall–Kier alpha value is -2.36. The summed E-state index contributed by atoms with van der Waals surface area (Å²) in [6.45, 7) is 9.96. The third-order valence-corrected chi connectivity index (χ3v) is 2.01. The highest BCUT2D eigenvalue weighted by atomic mass is 16.5. The molecule has 1 aromatic carbocycles. The highest BCUT2D eigenvalue weighted by Crippen LogP contribution is 2.25.